The lowest BCUT2D eigenvalue weighted by molar-refractivity contribution is 0.192. The van der Waals surface area contributed by atoms with Crippen LogP contribution in [0.4, 0.5) is 0 Å². The summed E-state index contributed by atoms with van der Waals surface area (Å²) in [7, 11) is 0. The van der Waals surface area contributed by atoms with Crippen LogP contribution in [0.5, 0.6) is 0 Å². The number of para-hydroxylation sites is 1. The van der Waals surface area contributed by atoms with E-state index in [2.05, 4.69) is 19.0 Å². The minimum absolute atomic E-state index is 0.282. The fraction of sp³-hybridized carbons (Fsp3) is 0.259. The van der Waals surface area contributed by atoms with Crippen molar-refractivity contribution in [3.05, 3.63) is 101 Å². The van der Waals surface area contributed by atoms with Crippen LogP contribution in [0.15, 0.2) is 98.2 Å². The topological polar surface area (TPSA) is 62.8 Å². The summed E-state index contributed by atoms with van der Waals surface area (Å²) in [5.41, 5.74) is 2.52. The van der Waals surface area contributed by atoms with Crippen molar-refractivity contribution in [1.82, 2.24) is 0 Å². The molecular formula is C27H27NO3S. The summed E-state index contributed by atoms with van der Waals surface area (Å²) in [6, 6.07) is 25.2. The Kier molecular flexibility index (Phi) is 7.08. The van der Waals surface area contributed by atoms with Gasteiger partial charge in [-0.3, -0.25) is 0 Å². The van der Waals surface area contributed by atoms with Crippen LogP contribution in [0.1, 0.15) is 55.7 Å². The first-order valence-corrected chi connectivity index (χ1v) is 11.7. The molecule has 4 rings (SSSR count). The monoisotopic (exact) mass is 445 g/mol. The molecule has 0 aliphatic heterocycles. The molecule has 0 saturated carbocycles. The van der Waals surface area contributed by atoms with Crippen LogP contribution in [0.3, 0.4) is 0 Å². The van der Waals surface area contributed by atoms with Crippen LogP contribution in [0.25, 0.3) is 11.0 Å². The predicted molar refractivity (Wildman–Crippen MR) is 130 cm³/mol. The average Bonchev–Trinajstić information content (AvgIpc) is 3.25. The highest BCUT2D eigenvalue weighted by Gasteiger charge is 2.16. The maximum atomic E-state index is 11.3. The number of hydrogen-bond acceptors (Lipinski definition) is 5. The second-order valence-corrected chi connectivity index (χ2v) is 9.57. The minimum atomic E-state index is -0.806. The molecule has 0 saturated heterocycles. The smallest absolute Gasteiger partial charge is 0.138 e. The van der Waals surface area contributed by atoms with Gasteiger partial charge < -0.3 is 9.52 Å². The summed E-state index contributed by atoms with van der Waals surface area (Å²) in [6.45, 7) is 4.31. The zero-order chi connectivity index (χ0) is 22.5. The third-order valence-electron chi connectivity index (χ3n) is 5.56. The Hall–Kier alpha value is -2.89. The first-order valence-electron chi connectivity index (χ1n) is 10.9. The molecule has 32 heavy (non-hydrogen) atoms. The number of rotatable bonds is 9. The van der Waals surface area contributed by atoms with Crippen LogP contribution in [-0.2, 0) is 0 Å². The molecule has 1 heterocycles. The predicted octanol–water partition coefficient (Wildman–Crippen LogP) is 7.91. The van der Waals surface area contributed by atoms with Gasteiger partial charge in [0.15, 0.2) is 0 Å². The third kappa shape index (κ3) is 5.29. The van der Waals surface area contributed by atoms with Crippen molar-refractivity contribution in [3.63, 3.8) is 0 Å². The summed E-state index contributed by atoms with van der Waals surface area (Å²) in [4.78, 5) is 13.4. The van der Waals surface area contributed by atoms with Crippen LogP contribution >= 0.6 is 11.8 Å². The van der Waals surface area contributed by atoms with Gasteiger partial charge in [0, 0.05) is 15.2 Å². The maximum Gasteiger partial charge on any atom is 0.138 e. The van der Waals surface area contributed by atoms with Crippen molar-refractivity contribution < 1.29 is 9.52 Å². The molecule has 2 atom stereocenters. The van der Waals surface area contributed by atoms with Crippen molar-refractivity contribution >= 4 is 22.7 Å². The molecule has 3 aromatic carbocycles. The number of benzene rings is 3. The highest BCUT2D eigenvalue weighted by atomic mass is 32.2. The van der Waals surface area contributed by atoms with Crippen LogP contribution in [0, 0.1) is 10.8 Å². The van der Waals surface area contributed by atoms with E-state index in [4.69, 9.17) is 4.42 Å². The van der Waals surface area contributed by atoms with Gasteiger partial charge in [0.25, 0.3) is 0 Å². The summed E-state index contributed by atoms with van der Waals surface area (Å²) in [5.74, 6) is 1.10. The van der Waals surface area contributed by atoms with Gasteiger partial charge >= 0.3 is 0 Å². The van der Waals surface area contributed by atoms with E-state index in [1.165, 1.54) is 0 Å². The molecular weight excluding hydrogens is 418 g/mol. The zero-order valence-electron chi connectivity index (χ0n) is 18.3. The van der Waals surface area contributed by atoms with Gasteiger partial charge in [-0.15, -0.1) is 0 Å². The normalized spacial score (nSPS) is 13.4. The lowest BCUT2D eigenvalue weighted by atomic mass is 9.98. The Morgan fingerprint density at radius 3 is 2.09 bits per heavy atom. The largest absolute Gasteiger partial charge is 0.458 e. The maximum absolute atomic E-state index is 11.3. The van der Waals surface area contributed by atoms with E-state index in [1.54, 1.807) is 11.8 Å². The summed E-state index contributed by atoms with van der Waals surface area (Å²) >= 11 is 1.64. The third-order valence-corrected chi connectivity index (χ3v) is 6.57. The van der Waals surface area contributed by atoms with E-state index in [0.717, 1.165) is 44.7 Å². The van der Waals surface area contributed by atoms with Crippen LogP contribution in [-0.4, -0.2) is 5.11 Å². The number of aliphatic hydroxyl groups is 1. The van der Waals surface area contributed by atoms with Crippen molar-refractivity contribution in [2.45, 2.75) is 48.6 Å². The number of hydrogen-bond donors (Lipinski definition) is 1. The Morgan fingerprint density at radius 2 is 1.50 bits per heavy atom. The number of nitroso groups, excluding NO2 is 1. The first kappa shape index (κ1) is 22.3. The number of aliphatic hydroxyl groups excluding tert-OH is 1. The van der Waals surface area contributed by atoms with E-state index in [-0.39, 0.29) is 6.04 Å². The minimum Gasteiger partial charge on any atom is -0.458 e. The number of nitrogens with zero attached hydrogens (tertiary/aromatic N) is 1. The summed E-state index contributed by atoms with van der Waals surface area (Å²) in [6.07, 6.45) is 0.960. The van der Waals surface area contributed by atoms with Gasteiger partial charge in [0.05, 0.1) is 0 Å². The highest BCUT2D eigenvalue weighted by Crippen LogP contribution is 2.33. The fourth-order valence-corrected chi connectivity index (χ4v) is 4.50. The standard InChI is InChI=1S/C27H27NO3S/c1-18(2)7-16-24(28-30)19-8-12-22(13-9-19)32-23-14-10-20(11-15-23)27(29)26-17-21-5-3-4-6-25(21)31-26/h3-6,8-15,17-18,24,27,29H,7,16H2,1-2H3. The number of furan rings is 1. The van der Waals surface area contributed by atoms with Crippen molar-refractivity contribution in [2.24, 2.45) is 11.1 Å². The Labute approximate surface area is 192 Å². The molecule has 1 N–H and O–H groups in total. The van der Waals surface area contributed by atoms with Crippen LogP contribution < -0.4 is 0 Å². The highest BCUT2D eigenvalue weighted by molar-refractivity contribution is 7.99. The molecule has 5 heteroatoms. The fourth-order valence-electron chi connectivity index (χ4n) is 3.69. The van der Waals surface area contributed by atoms with Gasteiger partial charge in [0.2, 0.25) is 0 Å². The molecule has 0 radical (unpaired) electrons. The van der Waals surface area contributed by atoms with Crippen molar-refractivity contribution in [2.75, 3.05) is 0 Å². The Bertz CT molecular complexity index is 1130. The average molecular weight is 446 g/mol. The van der Waals surface area contributed by atoms with Gasteiger partial charge in [-0.05, 0) is 66.3 Å². The van der Waals surface area contributed by atoms with E-state index in [0.29, 0.717) is 11.7 Å². The molecule has 0 aliphatic carbocycles. The molecule has 2 unspecified atom stereocenters. The lowest BCUT2D eigenvalue weighted by Crippen LogP contribution is -1.98. The number of fused-ring (bicyclic) bond motifs is 1. The molecule has 0 aliphatic rings. The van der Waals surface area contributed by atoms with Gasteiger partial charge in [0.1, 0.15) is 23.5 Å². The molecule has 0 amide bonds. The molecule has 0 fully saturated rings. The molecule has 164 valence electrons. The molecule has 4 aromatic rings. The lowest BCUT2D eigenvalue weighted by Gasteiger charge is -2.12. The van der Waals surface area contributed by atoms with Crippen molar-refractivity contribution in [1.29, 1.82) is 0 Å². The SMILES string of the molecule is CC(C)CCC(N=O)c1ccc(Sc2ccc(C(O)c3cc4ccccc4o3)cc2)cc1. The Balaban J connectivity index is 1.41. The molecule has 0 bridgehead atoms. The second kappa shape index (κ2) is 10.2. The first-order chi connectivity index (χ1) is 15.5. The van der Waals surface area contributed by atoms with E-state index in [9.17, 15) is 10.0 Å². The van der Waals surface area contributed by atoms with Crippen molar-refractivity contribution in [3.8, 4) is 0 Å². The van der Waals surface area contributed by atoms with Gasteiger partial charge in [-0.25, -0.2) is 0 Å². The van der Waals surface area contributed by atoms with E-state index in [1.807, 2.05) is 78.9 Å². The molecule has 4 nitrogen and oxygen atoms in total. The second-order valence-electron chi connectivity index (χ2n) is 8.42. The van der Waals surface area contributed by atoms with Crippen LogP contribution in [0.2, 0.25) is 0 Å². The quantitative estimate of drug-likeness (QED) is 0.266. The Morgan fingerprint density at radius 1 is 0.875 bits per heavy atom. The van der Waals surface area contributed by atoms with Gasteiger partial charge in [-0.1, -0.05) is 73.3 Å². The summed E-state index contributed by atoms with van der Waals surface area (Å²) < 4.78 is 5.79. The zero-order valence-corrected chi connectivity index (χ0v) is 19.1. The van der Waals surface area contributed by atoms with Gasteiger partial charge in [-0.2, -0.15) is 4.91 Å². The molecule has 1 aromatic heterocycles. The molecule has 0 spiro atoms. The van der Waals surface area contributed by atoms with E-state index >= 15 is 0 Å². The summed E-state index contributed by atoms with van der Waals surface area (Å²) in [5, 5.41) is 15.0. The van der Waals surface area contributed by atoms with E-state index < -0.39 is 6.10 Å².